The molecule has 0 fully saturated rings. The highest BCUT2D eigenvalue weighted by atomic mass is 15.1. The molecule has 1 aliphatic rings. The molecule has 3 rings (SSSR count). The molecule has 0 radical (unpaired) electrons. The predicted octanol–water partition coefficient (Wildman–Crippen LogP) is 2.07. The van der Waals surface area contributed by atoms with Crippen LogP contribution < -0.4 is 0 Å². The quantitative estimate of drug-likeness (QED) is 0.807. The standard InChI is InChI=1S/C14H15N3/c1-17(2)11-5-10-8-16-13-4-3-9(7-15)12(6-11)14(10)13/h3-4,8,11,16H,5-6H2,1-2H3/t11-/m1/s1. The van der Waals surface area contributed by atoms with Gasteiger partial charge in [-0.3, -0.25) is 0 Å². The second-order valence-electron chi connectivity index (χ2n) is 4.97. The van der Waals surface area contributed by atoms with E-state index in [0.717, 1.165) is 23.9 Å². The SMILES string of the molecule is CN(C)[C@@H]1Cc2c[nH]c3ccc(C#N)c(c23)C1. The fraction of sp³-hybridized carbons (Fsp3) is 0.357. The van der Waals surface area contributed by atoms with Crippen LogP contribution >= 0.6 is 0 Å². The number of nitrogens with zero attached hydrogens (tertiary/aromatic N) is 2. The van der Waals surface area contributed by atoms with Crippen LogP contribution in [0.15, 0.2) is 18.3 Å². The molecule has 1 aromatic carbocycles. The maximum Gasteiger partial charge on any atom is 0.0994 e. The number of H-pyrrole nitrogens is 1. The third kappa shape index (κ3) is 1.45. The van der Waals surface area contributed by atoms with Crippen LogP contribution in [0.1, 0.15) is 16.7 Å². The summed E-state index contributed by atoms with van der Waals surface area (Å²) >= 11 is 0. The van der Waals surface area contributed by atoms with E-state index in [0.29, 0.717) is 6.04 Å². The number of likely N-dealkylation sites (N-methyl/N-ethyl adjacent to an activating group) is 1. The summed E-state index contributed by atoms with van der Waals surface area (Å²) in [4.78, 5) is 5.55. The van der Waals surface area contributed by atoms with Crippen LogP contribution in [0.4, 0.5) is 0 Å². The number of hydrogen-bond donors (Lipinski definition) is 1. The molecule has 0 saturated carbocycles. The van der Waals surface area contributed by atoms with Crippen molar-refractivity contribution in [1.29, 1.82) is 5.26 Å². The van der Waals surface area contributed by atoms with Crippen molar-refractivity contribution in [3.8, 4) is 6.07 Å². The van der Waals surface area contributed by atoms with Gasteiger partial charge < -0.3 is 9.88 Å². The van der Waals surface area contributed by atoms with Crippen LogP contribution in [0, 0.1) is 11.3 Å². The Kier molecular flexibility index (Phi) is 2.20. The van der Waals surface area contributed by atoms with Crippen LogP contribution in [-0.4, -0.2) is 30.0 Å². The smallest absolute Gasteiger partial charge is 0.0994 e. The maximum absolute atomic E-state index is 9.21. The minimum atomic E-state index is 0.496. The Balaban J connectivity index is 2.24. The molecular weight excluding hydrogens is 210 g/mol. The van der Waals surface area contributed by atoms with E-state index in [1.54, 1.807) is 0 Å². The van der Waals surface area contributed by atoms with Crippen LogP contribution in [0.5, 0.6) is 0 Å². The number of benzene rings is 1. The predicted molar refractivity (Wildman–Crippen MR) is 67.9 cm³/mol. The third-order valence-corrected chi connectivity index (χ3v) is 3.78. The fourth-order valence-electron chi connectivity index (χ4n) is 2.78. The van der Waals surface area contributed by atoms with Gasteiger partial charge in [-0.15, -0.1) is 0 Å². The molecule has 0 spiro atoms. The van der Waals surface area contributed by atoms with E-state index in [1.807, 2.05) is 12.1 Å². The van der Waals surface area contributed by atoms with Gasteiger partial charge in [0.2, 0.25) is 0 Å². The highest BCUT2D eigenvalue weighted by Crippen LogP contribution is 2.32. The topological polar surface area (TPSA) is 42.8 Å². The van der Waals surface area contributed by atoms with Gasteiger partial charge in [-0.1, -0.05) is 0 Å². The van der Waals surface area contributed by atoms with Crippen molar-refractivity contribution in [3.05, 3.63) is 35.0 Å². The molecule has 2 aromatic rings. The number of rotatable bonds is 1. The van der Waals surface area contributed by atoms with Crippen LogP contribution in [0.3, 0.4) is 0 Å². The van der Waals surface area contributed by atoms with E-state index in [9.17, 15) is 5.26 Å². The first-order valence-electron chi connectivity index (χ1n) is 5.89. The summed E-state index contributed by atoms with van der Waals surface area (Å²) in [6, 6.07) is 6.75. The lowest BCUT2D eigenvalue weighted by atomic mass is 9.86. The Morgan fingerprint density at radius 3 is 2.88 bits per heavy atom. The molecule has 1 aromatic heterocycles. The second-order valence-corrected chi connectivity index (χ2v) is 4.97. The van der Waals surface area contributed by atoms with Gasteiger partial charge in [-0.05, 0) is 50.2 Å². The average Bonchev–Trinajstić information content (AvgIpc) is 2.74. The van der Waals surface area contributed by atoms with Crippen molar-refractivity contribution < 1.29 is 0 Å². The van der Waals surface area contributed by atoms with Gasteiger partial charge in [-0.2, -0.15) is 5.26 Å². The highest BCUT2D eigenvalue weighted by Gasteiger charge is 2.25. The second kappa shape index (κ2) is 3.61. The first-order chi connectivity index (χ1) is 8.20. The van der Waals surface area contributed by atoms with Crippen LogP contribution in [-0.2, 0) is 12.8 Å². The molecule has 86 valence electrons. The number of aromatic amines is 1. The van der Waals surface area contributed by atoms with Gasteiger partial charge >= 0.3 is 0 Å². The van der Waals surface area contributed by atoms with Crippen molar-refractivity contribution >= 4 is 10.9 Å². The molecule has 0 bridgehead atoms. The van der Waals surface area contributed by atoms with Crippen molar-refractivity contribution in [1.82, 2.24) is 9.88 Å². The van der Waals surface area contributed by atoms with Crippen molar-refractivity contribution in [2.24, 2.45) is 0 Å². The summed E-state index contributed by atoms with van der Waals surface area (Å²) in [5.41, 5.74) is 4.54. The monoisotopic (exact) mass is 225 g/mol. The largest absolute Gasteiger partial charge is 0.361 e. The zero-order valence-electron chi connectivity index (χ0n) is 10.1. The molecule has 1 N–H and O–H groups in total. The molecule has 0 aliphatic heterocycles. The van der Waals surface area contributed by atoms with E-state index in [-0.39, 0.29) is 0 Å². The molecule has 3 nitrogen and oxygen atoms in total. The van der Waals surface area contributed by atoms with Gasteiger partial charge in [0.1, 0.15) is 0 Å². The molecule has 0 amide bonds. The summed E-state index contributed by atoms with van der Waals surface area (Å²) in [5, 5.41) is 10.5. The van der Waals surface area contributed by atoms with Crippen LogP contribution in [0.2, 0.25) is 0 Å². The summed E-state index contributed by atoms with van der Waals surface area (Å²) in [6.45, 7) is 0. The fourth-order valence-corrected chi connectivity index (χ4v) is 2.78. The van der Waals surface area contributed by atoms with Gasteiger partial charge in [0.15, 0.2) is 0 Å². The molecule has 0 saturated heterocycles. The summed E-state index contributed by atoms with van der Waals surface area (Å²) in [5.74, 6) is 0. The van der Waals surface area contributed by atoms with E-state index in [1.165, 1.54) is 16.5 Å². The van der Waals surface area contributed by atoms with Crippen molar-refractivity contribution in [2.75, 3.05) is 14.1 Å². The number of nitriles is 1. The minimum Gasteiger partial charge on any atom is -0.361 e. The number of nitrogens with one attached hydrogen (secondary N) is 1. The minimum absolute atomic E-state index is 0.496. The lowest BCUT2D eigenvalue weighted by Gasteiger charge is -2.28. The Labute approximate surface area is 101 Å². The third-order valence-electron chi connectivity index (χ3n) is 3.78. The molecular formula is C14H15N3. The molecule has 3 heteroatoms. The van der Waals surface area contributed by atoms with Gasteiger partial charge in [-0.25, -0.2) is 0 Å². The zero-order valence-corrected chi connectivity index (χ0v) is 10.1. The first kappa shape index (κ1) is 10.4. The molecule has 1 heterocycles. The van der Waals surface area contributed by atoms with E-state index in [2.05, 4.69) is 36.2 Å². The molecule has 1 aliphatic carbocycles. The molecule has 1 atom stereocenters. The van der Waals surface area contributed by atoms with Crippen LogP contribution in [0.25, 0.3) is 10.9 Å². The normalized spacial score (nSPS) is 18.6. The first-order valence-corrected chi connectivity index (χ1v) is 5.89. The van der Waals surface area contributed by atoms with Gasteiger partial charge in [0, 0.05) is 23.1 Å². The summed E-state index contributed by atoms with van der Waals surface area (Å²) < 4.78 is 0. The lowest BCUT2D eigenvalue weighted by molar-refractivity contribution is 0.287. The number of aromatic nitrogens is 1. The summed E-state index contributed by atoms with van der Waals surface area (Å²) in [7, 11) is 4.21. The van der Waals surface area contributed by atoms with Gasteiger partial charge in [0.05, 0.1) is 11.6 Å². The Hall–Kier alpha value is -1.79. The Bertz CT molecular complexity index is 616. The van der Waals surface area contributed by atoms with E-state index >= 15 is 0 Å². The van der Waals surface area contributed by atoms with Crippen molar-refractivity contribution in [3.63, 3.8) is 0 Å². The molecule has 17 heavy (non-hydrogen) atoms. The van der Waals surface area contributed by atoms with Gasteiger partial charge in [0.25, 0.3) is 0 Å². The van der Waals surface area contributed by atoms with E-state index < -0.39 is 0 Å². The maximum atomic E-state index is 9.21. The van der Waals surface area contributed by atoms with Crippen molar-refractivity contribution in [2.45, 2.75) is 18.9 Å². The van der Waals surface area contributed by atoms with E-state index in [4.69, 9.17) is 0 Å². The molecule has 0 unspecified atom stereocenters. The summed E-state index contributed by atoms with van der Waals surface area (Å²) in [6.07, 6.45) is 4.12. The Morgan fingerprint density at radius 1 is 1.35 bits per heavy atom. The highest BCUT2D eigenvalue weighted by molar-refractivity contribution is 5.89. The number of hydrogen-bond acceptors (Lipinski definition) is 2. The Morgan fingerprint density at radius 2 is 2.18 bits per heavy atom. The zero-order chi connectivity index (χ0) is 12.0. The lowest BCUT2D eigenvalue weighted by Crippen LogP contribution is -2.34. The average molecular weight is 225 g/mol.